The van der Waals surface area contributed by atoms with Crippen LogP contribution in [-0.2, 0) is 6.42 Å². The Bertz CT molecular complexity index is 1520. The summed E-state index contributed by atoms with van der Waals surface area (Å²) in [6, 6.07) is 7.04. The lowest BCUT2D eigenvalue weighted by molar-refractivity contribution is 0.0565. The third-order valence-corrected chi connectivity index (χ3v) is 5.97. The number of aromatic nitrogens is 6. The average molecular weight is 465 g/mol. The van der Waals surface area contributed by atoms with Gasteiger partial charge in [-0.05, 0) is 13.0 Å². The van der Waals surface area contributed by atoms with Gasteiger partial charge in [-0.3, -0.25) is 4.79 Å². The molecule has 1 aliphatic heterocycles. The maximum absolute atomic E-state index is 13.5. The summed E-state index contributed by atoms with van der Waals surface area (Å²) in [5, 5.41) is 12.2. The number of nitrogens with one attached hydrogen (secondary N) is 1. The number of alkyl halides is 2. The molecule has 5 aromatic rings. The van der Waals surface area contributed by atoms with E-state index in [1.807, 2.05) is 31.2 Å². The number of aromatic amines is 1. The average Bonchev–Trinajstić information content (AvgIpc) is 3.64. The lowest BCUT2D eigenvalue weighted by Gasteiger charge is -2.33. The van der Waals surface area contributed by atoms with E-state index >= 15 is 0 Å². The smallest absolute Gasteiger partial charge is 0.333 e. The molecule has 1 aliphatic rings. The van der Waals surface area contributed by atoms with Gasteiger partial charge in [0.15, 0.2) is 0 Å². The van der Waals surface area contributed by atoms with Crippen molar-refractivity contribution >= 4 is 16.9 Å². The third-order valence-electron chi connectivity index (χ3n) is 5.97. The van der Waals surface area contributed by atoms with Crippen molar-refractivity contribution in [1.29, 1.82) is 0 Å². The van der Waals surface area contributed by atoms with Crippen LogP contribution in [0.1, 0.15) is 46.0 Å². The van der Waals surface area contributed by atoms with E-state index in [0.29, 0.717) is 34.7 Å². The molecule has 1 N–H and O–H groups in total. The van der Waals surface area contributed by atoms with Crippen LogP contribution in [0.25, 0.3) is 22.4 Å². The zero-order valence-electron chi connectivity index (χ0n) is 17.8. The van der Waals surface area contributed by atoms with Crippen LogP contribution in [0, 0.1) is 6.92 Å². The third kappa shape index (κ3) is 3.10. The molecular weight excluding hydrogens is 448 g/mol. The zero-order valence-corrected chi connectivity index (χ0v) is 17.8. The molecule has 0 bridgehead atoms. The molecule has 172 valence electrons. The van der Waals surface area contributed by atoms with E-state index in [1.54, 1.807) is 11.2 Å². The summed E-state index contributed by atoms with van der Waals surface area (Å²) < 4.78 is 37.9. The van der Waals surface area contributed by atoms with Crippen LogP contribution < -0.4 is 0 Å². The maximum atomic E-state index is 13.5. The van der Waals surface area contributed by atoms with Crippen LogP contribution in [-0.4, -0.2) is 47.3 Å². The molecule has 34 heavy (non-hydrogen) atoms. The summed E-state index contributed by atoms with van der Waals surface area (Å²) in [7, 11) is 0. The van der Waals surface area contributed by atoms with Crippen molar-refractivity contribution in [3.8, 4) is 11.5 Å². The Morgan fingerprint density at radius 3 is 2.88 bits per heavy atom. The highest BCUT2D eigenvalue weighted by molar-refractivity contribution is 5.91. The SMILES string of the molecule is Cc1c([C@@H]2c3nc[nH]c3CCN2C(=O)c2nnc(-c3cnn(C(F)F)c3)o2)oc2ccccc12. The Balaban J connectivity index is 1.39. The number of H-pyrrole nitrogens is 1. The number of aryl methyl sites for hydroxylation is 1. The van der Waals surface area contributed by atoms with Gasteiger partial charge in [-0.1, -0.05) is 18.2 Å². The highest BCUT2D eigenvalue weighted by atomic mass is 19.3. The fourth-order valence-corrected chi connectivity index (χ4v) is 4.32. The van der Waals surface area contributed by atoms with Crippen molar-refractivity contribution in [2.24, 2.45) is 0 Å². The minimum atomic E-state index is -2.80. The minimum Gasteiger partial charge on any atom is -0.458 e. The number of hydrogen-bond acceptors (Lipinski definition) is 7. The molecule has 1 amide bonds. The summed E-state index contributed by atoms with van der Waals surface area (Å²) in [6.45, 7) is -0.506. The van der Waals surface area contributed by atoms with E-state index in [0.717, 1.165) is 22.8 Å². The van der Waals surface area contributed by atoms with E-state index < -0.39 is 18.5 Å². The maximum Gasteiger partial charge on any atom is 0.333 e. The van der Waals surface area contributed by atoms with E-state index in [4.69, 9.17) is 8.83 Å². The fraction of sp³-hybridized carbons (Fsp3) is 0.227. The monoisotopic (exact) mass is 465 g/mol. The molecule has 0 aliphatic carbocycles. The number of halogens is 2. The Hall–Kier alpha value is -4.35. The molecular formula is C22H17F2N7O3. The van der Waals surface area contributed by atoms with Crippen LogP contribution in [0.3, 0.4) is 0 Å². The van der Waals surface area contributed by atoms with Crippen molar-refractivity contribution < 1.29 is 22.4 Å². The van der Waals surface area contributed by atoms with Crippen LogP contribution in [0.5, 0.6) is 0 Å². The minimum absolute atomic E-state index is 0.0795. The Morgan fingerprint density at radius 2 is 2.09 bits per heavy atom. The standard InChI is InChI=1S/C22H17F2N7O3/c1-11-13-4-2-3-5-15(13)33-18(11)17-16-14(25-10-26-16)6-7-30(17)21(32)20-29-28-19(34-20)12-8-27-31(9-12)22(23)24/h2-5,8-10,17,22H,6-7H2,1H3,(H,25,26)/t17-/m0/s1. The van der Waals surface area contributed by atoms with Gasteiger partial charge in [0.1, 0.15) is 17.4 Å². The second kappa shape index (κ2) is 7.61. The van der Waals surface area contributed by atoms with E-state index in [-0.39, 0.29) is 17.3 Å². The first-order valence-corrected chi connectivity index (χ1v) is 10.5. The Morgan fingerprint density at radius 1 is 1.24 bits per heavy atom. The molecule has 1 aromatic carbocycles. The van der Waals surface area contributed by atoms with Gasteiger partial charge in [0.05, 0.1) is 23.8 Å². The molecule has 12 heteroatoms. The second-order valence-electron chi connectivity index (χ2n) is 7.90. The Kier molecular flexibility index (Phi) is 4.54. The lowest BCUT2D eigenvalue weighted by atomic mass is 9.97. The Labute approximate surface area is 190 Å². The van der Waals surface area contributed by atoms with Crippen molar-refractivity contribution in [1.82, 2.24) is 34.8 Å². The molecule has 0 saturated heterocycles. The van der Waals surface area contributed by atoms with Crippen molar-refractivity contribution in [2.75, 3.05) is 6.54 Å². The molecule has 0 spiro atoms. The number of fused-ring (bicyclic) bond motifs is 2. The van der Waals surface area contributed by atoms with Crippen LogP contribution in [0.2, 0.25) is 0 Å². The summed E-state index contributed by atoms with van der Waals surface area (Å²) in [4.78, 5) is 22.7. The number of hydrogen-bond donors (Lipinski definition) is 1. The number of carbonyl (C=O) groups excluding carboxylic acids is 1. The van der Waals surface area contributed by atoms with Crippen LogP contribution in [0.15, 0.2) is 51.8 Å². The quantitative estimate of drug-likeness (QED) is 0.428. The molecule has 0 unspecified atom stereocenters. The molecule has 4 aromatic heterocycles. The first-order chi connectivity index (χ1) is 16.5. The number of carbonyl (C=O) groups is 1. The highest BCUT2D eigenvalue weighted by Gasteiger charge is 2.39. The van der Waals surface area contributed by atoms with Gasteiger partial charge in [-0.2, -0.15) is 13.9 Å². The van der Waals surface area contributed by atoms with Gasteiger partial charge < -0.3 is 18.7 Å². The second-order valence-corrected chi connectivity index (χ2v) is 7.90. The van der Waals surface area contributed by atoms with E-state index in [9.17, 15) is 13.6 Å². The van der Waals surface area contributed by atoms with E-state index in [1.165, 1.54) is 6.20 Å². The first kappa shape index (κ1) is 20.3. The number of furan rings is 1. The lowest BCUT2D eigenvalue weighted by Crippen LogP contribution is -2.41. The fourth-order valence-electron chi connectivity index (χ4n) is 4.32. The van der Waals surface area contributed by atoms with Crippen molar-refractivity contribution in [3.05, 3.63) is 71.6 Å². The zero-order chi connectivity index (χ0) is 23.4. The van der Waals surface area contributed by atoms with Gasteiger partial charge in [0, 0.05) is 35.8 Å². The number of para-hydroxylation sites is 1. The molecule has 0 saturated carbocycles. The van der Waals surface area contributed by atoms with Gasteiger partial charge in [-0.25, -0.2) is 9.67 Å². The highest BCUT2D eigenvalue weighted by Crippen LogP contribution is 2.39. The number of imidazole rings is 1. The van der Waals surface area contributed by atoms with Gasteiger partial charge in [-0.15, -0.1) is 10.2 Å². The van der Waals surface area contributed by atoms with E-state index in [2.05, 4.69) is 25.3 Å². The molecule has 6 rings (SSSR count). The number of rotatable bonds is 4. The summed E-state index contributed by atoms with van der Waals surface area (Å²) >= 11 is 0. The molecule has 5 heterocycles. The van der Waals surface area contributed by atoms with Crippen molar-refractivity contribution in [2.45, 2.75) is 25.9 Å². The van der Waals surface area contributed by atoms with Gasteiger partial charge in [0.2, 0.25) is 0 Å². The van der Waals surface area contributed by atoms with Crippen LogP contribution in [0.4, 0.5) is 8.78 Å². The first-order valence-electron chi connectivity index (χ1n) is 10.5. The largest absolute Gasteiger partial charge is 0.458 e. The molecule has 10 nitrogen and oxygen atoms in total. The normalized spacial score (nSPS) is 15.9. The molecule has 0 radical (unpaired) electrons. The summed E-state index contributed by atoms with van der Waals surface area (Å²) in [6.07, 6.45) is 4.39. The molecule has 1 atom stereocenters. The predicted molar refractivity (Wildman–Crippen MR) is 113 cm³/mol. The molecule has 0 fully saturated rings. The summed E-state index contributed by atoms with van der Waals surface area (Å²) in [5.74, 6) is -0.263. The number of nitrogens with zero attached hydrogens (tertiary/aromatic N) is 6. The van der Waals surface area contributed by atoms with Gasteiger partial charge >= 0.3 is 18.3 Å². The van der Waals surface area contributed by atoms with Crippen LogP contribution >= 0.6 is 0 Å². The number of benzene rings is 1. The predicted octanol–water partition coefficient (Wildman–Crippen LogP) is 3.89. The van der Waals surface area contributed by atoms with Crippen molar-refractivity contribution in [3.63, 3.8) is 0 Å². The van der Waals surface area contributed by atoms with Gasteiger partial charge in [0.25, 0.3) is 5.89 Å². The summed E-state index contributed by atoms with van der Waals surface area (Å²) in [5.41, 5.74) is 3.39. The topological polar surface area (TPSA) is 119 Å². The number of amides is 1.